The van der Waals surface area contributed by atoms with Gasteiger partial charge in [0.25, 0.3) is 0 Å². The van der Waals surface area contributed by atoms with Crippen molar-refractivity contribution in [3.8, 4) is 0 Å². The third-order valence-electron chi connectivity index (χ3n) is 4.16. The Hall–Kier alpha value is 0.210. The second-order valence-electron chi connectivity index (χ2n) is 5.85. The van der Waals surface area contributed by atoms with Gasteiger partial charge in [-0.05, 0) is 32.5 Å². The monoisotopic (exact) mass is 288 g/mol. The Morgan fingerprint density at radius 2 is 1.32 bits per heavy atom. The van der Waals surface area contributed by atoms with E-state index in [9.17, 15) is 0 Å². The fourth-order valence-corrected chi connectivity index (χ4v) is 3.12. The number of nitrogens with zero attached hydrogens (tertiary/aromatic N) is 2. The van der Waals surface area contributed by atoms with Gasteiger partial charge in [0.05, 0.1) is 0 Å². The smallest absolute Gasteiger partial charge is 0.0351 e. The summed E-state index contributed by atoms with van der Waals surface area (Å²) in [6.45, 7) is 9.63. The molecule has 3 heteroatoms. The first-order chi connectivity index (χ1) is 9.36. The molecule has 0 atom stereocenters. The molecule has 2 nitrogen and oxygen atoms in total. The predicted octanol–water partition coefficient (Wildman–Crippen LogP) is 3.98. The van der Waals surface area contributed by atoms with Crippen LogP contribution in [-0.2, 0) is 0 Å². The molecule has 0 saturated carbocycles. The van der Waals surface area contributed by atoms with Crippen molar-refractivity contribution in [1.29, 1.82) is 0 Å². The van der Waals surface area contributed by atoms with E-state index in [1.165, 1.54) is 84.1 Å². The van der Waals surface area contributed by atoms with Crippen molar-refractivity contribution in [2.24, 2.45) is 0 Å². The van der Waals surface area contributed by atoms with E-state index in [1.54, 1.807) is 0 Å². The summed E-state index contributed by atoms with van der Waals surface area (Å²) < 4.78 is 0. The number of unbranched alkanes of at least 4 members (excludes halogenated alkanes) is 6. The molecule has 0 radical (unpaired) electrons. The minimum absolute atomic E-state index is 0.776. The summed E-state index contributed by atoms with van der Waals surface area (Å²) in [5, 5.41) is 0. The molecule has 19 heavy (non-hydrogen) atoms. The third-order valence-corrected chi connectivity index (χ3v) is 4.33. The van der Waals surface area contributed by atoms with Gasteiger partial charge in [-0.1, -0.05) is 45.4 Å². The van der Waals surface area contributed by atoms with Gasteiger partial charge in [0.15, 0.2) is 0 Å². The summed E-state index contributed by atoms with van der Waals surface area (Å²) in [6, 6.07) is 0. The average Bonchev–Trinajstić information content (AvgIpc) is 2.64. The van der Waals surface area contributed by atoms with E-state index in [-0.39, 0.29) is 0 Å². The SMILES string of the molecule is CCCCCCCCCN1CCCN(CCCl)CC1. The van der Waals surface area contributed by atoms with Crippen LogP contribution in [0.5, 0.6) is 0 Å². The van der Waals surface area contributed by atoms with Crippen molar-refractivity contribution in [3.63, 3.8) is 0 Å². The van der Waals surface area contributed by atoms with Crippen LogP contribution in [-0.4, -0.2) is 54.9 Å². The van der Waals surface area contributed by atoms with Crippen LogP contribution in [0.2, 0.25) is 0 Å². The molecule has 1 rings (SSSR count). The normalized spacial score (nSPS) is 18.6. The van der Waals surface area contributed by atoms with Gasteiger partial charge in [-0.25, -0.2) is 0 Å². The summed E-state index contributed by atoms with van der Waals surface area (Å²) in [5.41, 5.74) is 0. The summed E-state index contributed by atoms with van der Waals surface area (Å²) >= 11 is 5.82. The van der Waals surface area contributed by atoms with E-state index in [1.807, 2.05) is 0 Å². The quantitative estimate of drug-likeness (QED) is 0.443. The molecule has 0 bridgehead atoms. The van der Waals surface area contributed by atoms with Gasteiger partial charge in [-0.15, -0.1) is 11.6 Å². The highest BCUT2D eigenvalue weighted by atomic mass is 35.5. The van der Waals surface area contributed by atoms with Crippen molar-refractivity contribution < 1.29 is 0 Å². The summed E-state index contributed by atoms with van der Waals surface area (Å²) in [4.78, 5) is 5.16. The topological polar surface area (TPSA) is 6.48 Å². The molecule has 0 N–H and O–H groups in total. The highest BCUT2D eigenvalue weighted by Gasteiger charge is 2.13. The fourth-order valence-electron chi connectivity index (χ4n) is 2.88. The summed E-state index contributed by atoms with van der Waals surface area (Å²) in [5.74, 6) is 0.776. The van der Waals surface area contributed by atoms with Crippen molar-refractivity contribution in [3.05, 3.63) is 0 Å². The number of hydrogen-bond donors (Lipinski definition) is 0. The maximum atomic E-state index is 5.82. The van der Waals surface area contributed by atoms with Crippen LogP contribution in [0.1, 0.15) is 58.3 Å². The molecular weight excluding hydrogens is 256 g/mol. The average molecular weight is 289 g/mol. The lowest BCUT2D eigenvalue weighted by Gasteiger charge is -2.21. The van der Waals surface area contributed by atoms with E-state index in [2.05, 4.69) is 16.7 Å². The lowest BCUT2D eigenvalue weighted by molar-refractivity contribution is 0.259. The van der Waals surface area contributed by atoms with Gasteiger partial charge < -0.3 is 9.80 Å². The maximum Gasteiger partial charge on any atom is 0.0351 e. The Bertz CT molecular complexity index is 199. The molecule has 0 aromatic carbocycles. The van der Waals surface area contributed by atoms with Crippen LogP contribution in [0.15, 0.2) is 0 Å². The van der Waals surface area contributed by atoms with Gasteiger partial charge in [-0.3, -0.25) is 0 Å². The van der Waals surface area contributed by atoms with Crippen LogP contribution < -0.4 is 0 Å². The first kappa shape index (κ1) is 17.3. The molecule has 0 unspecified atom stereocenters. The first-order valence-electron chi connectivity index (χ1n) is 8.37. The van der Waals surface area contributed by atoms with E-state index in [4.69, 9.17) is 11.6 Å². The molecule has 1 fully saturated rings. The second kappa shape index (κ2) is 12.0. The highest BCUT2D eigenvalue weighted by Crippen LogP contribution is 2.09. The molecule has 0 spiro atoms. The lowest BCUT2D eigenvalue weighted by Crippen LogP contribution is -2.32. The van der Waals surface area contributed by atoms with E-state index in [0.717, 1.165) is 12.4 Å². The van der Waals surface area contributed by atoms with E-state index < -0.39 is 0 Å². The molecule has 1 aliphatic heterocycles. The zero-order valence-electron chi connectivity index (χ0n) is 12.9. The molecule has 1 saturated heterocycles. The number of rotatable bonds is 10. The van der Waals surface area contributed by atoms with Crippen LogP contribution in [0, 0.1) is 0 Å². The predicted molar refractivity (Wildman–Crippen MR) is 86.2 cm³/mol. The minimum Gasteiger partial charge on any atom is -0.302 e. The molecule has 0 aromatic heterocycles. The van der Waals surface area contributed by atoms with Crippen LogP contribution in [0.4, 0.5) is 0 Å². The zero-order chi connectivity index (χ0) is 13.8. The number of halogens is 1. The maximum absolute atomic E-state index is 5.82. The highest BCUT2D eigenvalue weighted by molar-refractivity contribution is 6.18. The van der Waals surface area contributed by atoms with Crippen molar-refractivity contribution in [2.45, 2.75) is 58.3 Å². The molecule has 0 aliphatic carbocycles. The number of alkyl halides is 1. The molecule has 1 aliphatic rings. The molecule has 0 amide bonds. The van der Waals surface area contributed by atoms with Gasteiger partial charge in [0.2, 0.25) is 0 Å². The first-order valence-corrected chi connectivity index (χ1v) is 8.91. The largest absolute Gasteiger partial charge is 0.302 e. The van der Waals surface area contributed by atoms with Crippen LogP contribution >= 0.6 is 11.6 Å². The second-order valence-corrected chi connectivity index (χ2v) is 6.23. The van der Waals surface area contributed by atoms with Crippen molar-refractivity contribution >= 4 is 11.6 Å². The van der Waals surface area contributed by atoms with E-state index >= 15 is 0 Å². The van der Waals surface area contributed by atoms with Gasteiger partial charge in [-0.2, -0.15) is 0 Å². The lowest BCUT2D eigenvalue weighted by atomic mass is 10.1. The van der Waals surface area contributed by atoms with Crippen LogP contribution in [0.25, 0.3) is 0 Å². The Balaban J connectivity index is 1.97. The van der Waals surface area contributed by atoms with Gasteiger partial charge in [0.1, 0.15) is 0 Å². The Labute approximate surface area is 125 Å². The minimum atomic E-state index is 0.776. The van der Waals surface area contributed by atoms with Crippen molar-refractivity contribution in [1.82, 2.24) is 9.80 Å². The molecule has 114 valence electrons. The third kappa shape index (κ3) is 8.88. The molecule has 0 aromatic rings. The Kier molecular flexibility index (Phi) is 10.9. The Morgan fingerprint density at radius 3 is 1.95 bits per heavy atom. The molecular formula is C16H33ClN2. The standard InChI is InChI=1S/C16H33ClN2/c1-2-3-4-5-6-7-8-11-18-12-9-13-19(14-10-17)16-15-18/h2-16H2,1H3. The summed E-state index contributed by atoms with van der Waals surface area (Å²) in [6.07, 6.45) is 11.2. The zero-order valence-corrected chi connectivity index (χ0v) is 13.6. The van der Waals surface area contributed by atoms with Crippen LogP contribution in [0.3, 0.4) is 0 Å². The van der Waals surface area contributed by atoms with E-state index in [0.29, 0.717) is 0 Å². The number of hydrogen-bond acceptors (Lipinski definition) is 2. The Morgan fingerprint density at radius 1 is 0.737 bits per heavy atom. The molecule has 1 heterocycles. The summed E-state index contributed by atoms with van der Waals surface area (Å²) in [7, 11) is 0. The van der Waals surface area contributed by atoms with Gasteiger partial charge in [0, 0.05) is 25.5 Å². The van der Waals surface area contributed by atoms with Crippen molar-refractivity contribution in [2.75, 3.05) is 45.1 Å². The van der Waals surface area contributed by atoms with Gasteiger partial charge >= 0.3 is 0 Å². The fraction of sp³-hybridized carbons (Fsp3) is 1.00.